The minimum absolute atomic E-state index is 0.0179. The van der Waals surface area contributed by atoms with Gasteiger partial charge in [0.05, 0.1) is 6.54 Å². The third-order valence-corrected chi connectivity index (χ3v) is 3.44. The Morgan fingerprint density at radius 3 is 2.65 bits per heavy atom. The summed E-state index contributed by atoms with van der Waals surface area (Å²) >= 11 is 8.52. The normalized spacial score (nSPS) is 10.4. The Hall–Kier alpha value is -1.14. The average molecular weight is 358 g/mol. The van der Waals surface area contributed by atoms with Crippen LogP contribution in [0, 0.1) is 0 Å². The molecule has 0 aliphatic rings. The third-order valence-electron chi connectivity index (χ3n) is 2.73. The van der Waals surface area contributed by atoms with Gasteiger partial charge in [-0.2, -0.15) is 0 Å². The highest BCUT2D eigenvalue weighted by atomic mass is 79.9. The number of amides is 1. The summed E-state index contributed by atoms with van der Waals surface area (Å²) in [4.78, 5) is 14.2. The Bertz CT molecular complexity index is 505. The number of nitrogens with two attached hydrogens (primary N) is 1. The summed E-state index contributed by atoms with van der Waals surface area (Å²) < 4.78 is 0.926. The Labute approximate surface area is 133 Å². The lowest BCUT2D eigenvalue weighted by Crippen LogP contribution is -2.40. The predicted octanol–water partition coefficient (Wildman–Crippen LogP) is 2.43. The summed E-state index contributed by atoms with van der Waals surface area (Å²) in [7, 11) is 0. The van der Waals surface area contributed by atoms with Crippen molar-refractivity contribution in [2.75, 3.05) is 18.0 Å². The lowest BCUT2D eigenvalue weighted by Gasteiger charge is -2.25. The van der Waals surface area contributed by atoms with Crippen LogP contribution in [0.2, 0.25) is 0 Å². The Kier molecular flexibility index (Phi) is 6.42. The molecule has 0 bridgehead atoms. The molecule has 1 aromatic rings. The molecule has 0 unspecified atom stereocenters. The number of carbonyl (C=O) groups excluding carboxylic acids is 1. The Balaban J connectivity index is 3.02. The van der Waals surface area contributed by atoms with Crippen molar-refractivity contribution < 1.29 is 4.79 Å². The van der Waals surface area contributed by atoms with E-state index in [1.807, 2.05) is 43.9 Å². The zero-order valence-corrected chi connectivity index (χ0v) is 14.3. The van der Waals surface area contributed by atoms with Crippen LogP contribution in [0.25, 0.3) is 0 Å². The largest absolute Gasteiger partial charge is 0.389 e. The number of rotatable bonds is 6. The van der Waals surface area contributed by atoms with Crippen LogP contribution in [0.4, 0.5) is 5.69 Å². The SMILES string of the molecule is CCN(CC(=O)NC(C)C)c1cc(Br)ccc1C(N)=S. The van der Waals surface area contributed by atoms with Crippen LogP contribution < -0.4 is 16.0 Å². The van der Waals surface area contributed by atoms with Gasteiger partial charge in [0.15, 0.2) is 0 Å². The number of likely N-dealkylation sites (N-methyl/N-ethyl adjacent to an activating group) is 1. The van der Waals surface area contributed by atoms with Crippen molar-refractivity contribution in [2.45, 2.75) is 26.8 Å². The molecule has 1 rings (SSSR count). The van der Waals surface area contributed by atoms with Crippen LogP contribution in [0.5, 0.6) is 0 Å². The Morgan fingerprint density at radius 1 is 1.50 bits per heavy atom. The van der Waals surface area contributed by atoms with Crippen LogP contribution in [0.1, 0.15) is 26.3 Å². The maximum atomic E-state index is 11.9. The third kappa shape index (κ3) is 4.76. The van der Waals surface area contributed by atoms with Gasteiger partial charge in [0.1, 0.15) is 4.99 Å². The van der Waals surface area contributed by atoms with Gasteiger partial charge in [-0.25, -0.2) is 0 Å². The smallest absolute Gasteiger partial charge is 0.239 e. The van der Waals surface area contributed by atoms with Gasteiger partial charge < -0.3 is 16.0 Å². The highest BCUT2D eigenvalue weighted by molar-refractivity contribution is 9.10. The van der Waals surface area contributed by atoms with E-state index in [4.69, 9.17) is 18.0 Å². The molecule has 1 aromatic carbocycles. The number of halogens is 1. The van der Waals surface area contributed by atoms with E-state index in [1.54, 1.807) is 0 Å². The molecule has 6 heteroatoms. The van der Waals surface area contributed by atoms with Gasteiger partial charge in [0, 0.05) is 28.3 Å². The van der Waals surface area contributed by atoms with Gasteiger partial charge >= 0.3 is 0 Å². The lowest BCUT2D eigenvalue weighted by molar-refractivity contribution is -0.120. The zero-order chi connectivity index (χ0) is 15.3. The monoisotopic (exact) mass is 357 g/mol. The minimum atomic E-state index is -0.0179. The average Bonchev–Trinajstić information content (AvgIpc) is 2.34. The van der Waals surface area contributed by atoms with E-state index < -0.39 is 0 Å². The summed E-state index contributed by atoms with van der Waals surface area (Å²) in [5.74, 6) is -0.0179. The standard InChI is InChI=1S/C14H20BrN3OS/c1-4-18(8-13(19)17-9(2)3)12-7-10(15)5-6-11(12)14(16)20/h5-7,9H,4,8H2,1-3H3,(H2,16,20)(H,17,19). The molecule has 0 aliphatic carbocycles. The van der Waals surface area contributed by atoms with Gasteiger partial charge in [0.25, 0.3) is 0 Å². The molecule has 0 saturated carbocycles. The lowest BCUT2D eigenvalue weighted by atomic mass is 10.1. The molecule has 0 fully saturated rings. The number of hydrogen-bond acceptors (Lipinski definition) is 3. The number of hydrogen-bond donors (Lipinski definition) is 2. The van der Waals surface area contributed by atoms with Crippen molar-refractivity contribution in [1.29, 1.82) is 0 Å². The van der Waals surface area contributed by atoms with Crippen LogP contribution >= 0.6 is 28.1 Å². The van der Waals surface area contributed by atoms with E-state index in [1.165, 1.54) is 0 Å². The summed E-state index contributed by atoms with van der Waals surface area (Å²) in [5, 5.41) is 2.88. The molecule has 0 spiro atoms. The van der Waals surface area contributed by atoms with Crippen molar-refractivity contribution in [2.24, 2.45) is 5.73 Å². The van der Waals surface area contributed by atoms with E-state index in [2.05, 4.69) is 21.2 Å². The predicted molar refractivity (Wildman–Crippen MR) is 91.2 cm³/mol. The van der Waals surface area contributed by atoms with Crippen molar-refractivity contribution in [1.82, 2.24) is 5.32 Å². The molecule has 0 aliphatic heterocycles. The number of nitrogens with zero attached hydrogens (tertiary/aromatic N) is 1. The van der Waals surface area contributed by atoms with E-state index in [-0.39, 0.29) is 18.5 Å². The quantitative estimate of drug-likeness (QED) is 0.767. The molecule has 110 valence electrons. The summed E-state index contributed by atoms with van der Waals surface area (Å²) in [6.07, 6.45) is 0. The van der Waals surface area contributed by atoms with Crippen molar-refractivity contribution in [3.8, 4) is 0 Å². The summed E-state index contributed by atoms with van der Waals surface area (Å²) in [6, 6.07) is 5.81. The topological polar surface area (TPSA) is 58.4 Å². The highest BCUT2D eigenvalue weighted by Gasteiger charge is 2.15. The molecule has 0 aromatic heterocycles. The number of benzene rings is 1. The van der Waals surface area contributed by atoms with Gasteiger partial charge in [-0.05, 0) is 39.0 Å². The molecule has 0 atom stereocenters. The number of thiocarbonyl (C=S) groups is 1. The molecular formula is C14H20BrN3OS. The fraction of sp³-hybridized carbons (Fsp3) is 0.429. The molecule has 0 radical (unpaired) electrons. The first kappa shape index (κ1) is 16.9. The molecular weight excluding hydrogens is 338 g/mol. The van der Waals surface area contributed by atoms with Crippen LogP contribution in [-0.4, -0.2) is 30.0 Å². The first-order valence-corrected chi connectivity index (χ1v) is 7.69. The Morgan fingerprint density at radius 2 is 2.15 bits per heavy atom. The second kappa shape index (κ2) is 7.59. The first-order chi connectivity index (χ1) is 9.35. The molecule has 4 nitrogen and oxygen atoms in total. The van der Waals surface area contributed by atoms with Crippen molar-refractivity contribution >= 4 is 44.7 Å². The van der Waals surface area contributed by atoms with Crippen LogP contribution in [0.15, 0.2) is 22.7 Å². The van der Waals surface area contributed by atoms with Gasteiger partial charge in [-0.15, -0.1) is 0 Å². The molecule has 3 N–H and O–H groups in total. The number of anilines is 1. The fourth-order valence-electron chi connectivity index (χ4n) is 1.88. The summed E-state index contributed by atoms with van der Waals surface area (Å²) in [5.41, 5.74) is 7.41. The minimum Gasteiger partial charge on any atom is -0.389 e. The first-order valence-electron chi connectivity index (χ1n) is 6.48. The second-order valence-corrected chi connectivity index (χ2v) is 6.12. The van der Waals surface area contributed by atoms with Crippen molar-refractivity contribution in [3.05, 3.63) is 28.2 Å². The van der Waals surface area contributed by atoms with E-state index >= 15 is 0 Å². The van der Waals surface area contributed by atoms with Gasteiger partial charge in [-0.1, -0.05) is 28.1 Å². The maximum Gasteiger partial charge on any atom is 0.239 e. The second-order valence-electron chi connectivity index (χ2n) is 4.76. The van der Waals surface area contributed by atoms with E-state index in [9.17, 15) is 4.79 Å². The maximum absolute atomic E-state index is 11.9. The molecule has 20 heavy (non-hydrogen) atoms. The molecule has 1 amide bonds. The van der Waals surface area contributed by atoms with Crippen LogP contribution in [0.3, 0.4) is 0 Å². The molecule has 0 saturated heterocycles. The number of carbonyl (C=O) groups is 1. The zero-order valence-electron chi connectivity index (χ0n) is 11.9. The molecule has 0 heterocycles. The van der Waals surface area contributed by atoms with E-state index in [0.717, 1.165) is 15.7 Å². The summed E-state index contributed by atoms with van der Waals surface area (Å²) in [6.45, 7) is 6.84. The highest BCUT2D eigenvalue weighted by Crippen LogP contribution is 2.25. The van der Waals surface area contributed by atoms with Gasteiger partial charge in [-0.3, -0.25) is 4.79 Å². The fourth-order valence-corrected chi connectivity index (χ4v) is 2.40. The van der Waals surface area contributed by atoms with E-state index in [0.29, 0.717) is 11.5 Å². The number of nitrogens with one attached hydrogen (secondary N) is 1. The van der Waals surface area contributed by atoms with Crippen molar-refractivity contribution in [3.63, 3.8) is 0 Å². The van der Waals surface area contributed by atoms with Gasteiger partial charge in [0.2, 0.25) is 5.91 Å². The van der Waals surface area contributed by atoms with Crippen LogP contribution in [-0.2, 0) is 4.79 Å².